The minimum atomic E-state index is 0.322. The minimum Gasteiger partial charge on any atom is -0.304 e. The van der Waals surface area contributed by atoms with Gasteiger partial charge in [-0.2, -0.15) is 5.10 Å². The Morgan fingerprint density at radius 1 is 1.36 bits per heavy atom. The van der Waals surface area contributed by atoms with Gasteiger partial charge in [-0.25, -0.2) is 9.97 Å². The van der Waals surface area contributed by atoms with Gasteiger partial charge >= 0.3 is 0 Å². The van der Waals surface area contributed by atoms with Crippen molar-refractivity contribution in [2.45, 2.75) is 32.0 Å². The van der Waals surface area contributed by atoms with Gasteiger partial charge in [0.25, 0.3) is 0 Å². The molecule has 1 fully saturated rings. The van der Waals surface area contributed by atoms with Crippen molar-refractivity contribution in [1.82, 2.24) is 29.5 Å². The topological polar surface area (TPSA) is 50.1 Å². The van der Waals surface area contributed by atoms with E-state index in [0.29, 0.717) is 6.04 Å². The van der Waals surface area contributed by atoms with Crippen LogP contribution in [0.1, 0.15) is 36.0 Å². The van der Waals surface area contributed by atoms with Crippen molar-refractivity contribution in [2.24, 2.45) is 7.05 Å². The average Bonchev–Trinajstić information content (AvgIpc) is 3.08. The highest BCUT2D eigenvalue weighted by atomic mass is 15.3. The Labute approximate surface area is 131 Å². The number of nitrogens with zero attached hydrogens (tertiary/aromatic N) is 6. The van der Waals surface area contributed by atoms with Crippen LogP contribution < -0.4 is 0 Å². The van der Waals surface area contributed by atoms with Crippen molar-refractivity contribution in [2.75, 3.05) is 20.6 Å². The van der Waals surface area contributed by atoms with Gasteiger partial charge in [0.2, 0.25) is 0 Å². The lowest BCUT2D eigenvalue weighted by atomic mass is 10.2. The molecule has 0 amide bonds. The minimum absolute atomic E-state index is 0.322. The van der Waals surface area contributed by atoms with Gasteiger partial charge in [-0.1, -0.05) is 0 Å². The van der Waals surface area contributed by atoms with Crippen LogP contribution in [0.5, 0.6) is 0 Å². The van der Waals surface area contributed by atoms with E-state index in [2.05, 4.69) is 40.2 Å². The highest BCUT2D eigenvalue weighted by Gasteiger charge is 2.28. The highest BCUT2D eigenvalue weighted by molar-refractivity contribution is 5.09. The fraction of sp³-hybridized carbons (Fsp3) is 0.562. The predicted molar refractivity (Wildman–Crippen MR) is 85.0 cm³/mol. The first kappa shape index (κ1) is 15.1. The first-order chi connectivity index (χ1) is 10.6. The van der Waals surface area contributed by atoms with E-state index >= 15 is 0 Å². The van der Waals surface area contributed by atoms with E-state index in [0.717, 1.165) is 37.6 Å². The molecule has 118 valence electrons. The van der Waals surface area contributed by atoms with Crippen LogP contribution in [0, 0.1) is 0 Å². The summed E-state index contributed by atoms with van der Waals surface area (Å²) < 4.78 is 1.86. The van der Waals surface area contributed by atoms with Crippen molar-refractivity contribution >= 4 is 0 Å². The summed E-state index contributed by atoms with van der Waals surface area (Å²) in [5.41, 5.74) is 2.34. The maximum atomic E-state index is 4.78. The number of hydrogen-bond donors (Lipinski definition) is 0. The zero-order valence-electron chi connectivity index (χ0n) is 13.6. The van der Waals surface area contributed by atoms with Crippen LogP contribution in [0.4, 0.5) is 0 Å². The standard InChI is InChI=1S/C16H24N6/c1-20(2)12-14-6-7-17-16(19-14)15-5-4-8-22(15)11-13-9-18-21(3)10-13/h6-7,9-10,15H,4-5,8,11-12H2,1-3H3/t15-/m0/s1. The van der Waals surface area contributed by atoms with Gasteiger partial charge < -0.3 is 4.90 Å². The first-order valence-corrected chi connectivity index (χ1v) is 7.80. The molecule has 0 aromatic carbocycles. The van der Waals surface area contributed by atoms with Crippen LogP contribution >= 0.6 is 0 Å². The molecule has 1 atom stereocenters. The zero-order chi connectivity index (χ0) is 15.5. The Balaban J connectivity index is 1.75. The van der Waals surface area contributed by atoms with Crippen LogP contribution in [-0.2, 0) is 20.1 Å². The maximum Gasteiger partial charge on any atom is 0.145 e. The van der Waals surface area contributed by atoms with Crippen molar-refractivity contribution in [3.8, 4) is 0 Å². The summed E-state index contributed by atoms with van der Waals surface area (Å²) in [6, 6.07) is 2.33. The molecule has 0 radical (unpaired) electrons. The van der Waals surface area contributed by atoms with Crippen molar-refractivity contribution in [1.29, 1.82) is 0 Å². The number of rotatable bonds is 5. The summed E-state index contributed by atoms with van der Waals surface area (Å²) in [5, 5.41) is 4.26. The molecule has 1 aliphatic heterocycles. The second-order valence-corrected chi connectivity index (χ2v) is 6.29. The molecule has 6 heteroatoms. The lowest BCUT2D eigenvalue weighted by Gasteiger charge is -2.23. The van der Waals surface area contributed by atoms with Crippen molar-refractivity contribution in [3.63, 3.8) is 0 Å². The van der Waals surface area contributed by atoms with E-state index in [1.54, 1.807) is 0 Å². The third kappa shape index (κ3) is 3.51. The van der Waals surface area contributed by atoms with E-state index in [1.807, 2.05) is 30.2 Å². The third-order valence-electron chi connectivity index (χ3n) is 4.02. The van der Waals surface area contributed by atoms with Crippen LogP contribution in [-0.4, -0.2) is 50.2 Å². The SMILES string of the molecule is CN(C)Cc1ccnc([C@@H]2CCCN2Cc2cnn(C)c2)n1. The second kappa shape index (κ2) is 6.54. The van der Waals surface area contributed by atoms with Crippen molar-refractivity contribution in [3.05, 3.63) is 41.7 Å². The predicted octanol–water partition coefficient (Wildman–Crippen LogP) is 1.61. The number of likely N-dealkylation sites (tertiary alicyclic amines) is 1. The molecule has 1 aliphatic rings. The van der Waals surface area contributed by atoms with Gasteiger partial charge in [0.15, 0.2) is 0 Å². The molecule has 0 spiro atoms. The van der Waals surface area contributed by atoms with E-state index in [1.165, 1.54) is 12.0 Å². The van der Waals surface area contributed by atoms with Crippen molar-refractivity contribution < 1.29 is 0 Å². The number of aryl methyl sites for hydroxylation is 1. The Morgan fingerprint density at radius 3 is 2.95 bits per heavy atom. The summed E-state index contributed by atoms with van der Waals surface area (Å²) in [4.78, 5) is 13.9. The van der Waals surface area contributed by atoms with Gasteiger partial charge in [-0.3, -0.25) is 9.58 Å². The maximum absolute atomic E-state index is 4.78. The van der Waals surface area contributed by atoms with E-state index in [9.17, 15) is 0 Å². The molecule has 0 N–H and O–H groups in total. The number of aromatic nitrogens is 4. The second-order valence-electron chi connectivity index (χ2n) is 6.29. The third-order valence-corrected chi connectivity index (χ3v) is 4.02. The summed E-state index contributed by atoms with van der Waals surface area (Å²) >= 11 is 0. The van der Waals surface area contributed by atoms with Gasteiger partial charge in [-0.05, 0) is 39.5 Å². The normalized spacial score (nSPS) is 19.2. The smallest absolute Gasteiger partial charge is 0.145 e. The highest BCUT2D eigenvalue weighted by Crippen LogP contribution is 2.31. The largest absolute Gasteiger partial charge is 0.304 e. The molecule has 6 nitrogen and oxygen atoms in total. The van der Waals surface area contributed by atoms with E-state index < -0.39 is 0 Å². The van der Waals surface area contributed by atoms with E-state index in [-0.39, 0.29) is 0 Å². The zero-order valence-corrected chi connectivity index (χ0v) is 13.6. The summed E-state index contributed by atoms with van der Waals surface area (Å²) in [6.45, 7) is 2.87. The van der Waals surface area contributed by atoms with Crippen LogP contribution in [0.25, 0.3) is 0 Å². The lowest BCUT2D eigenvalue weighted by molar-refractivity contribution is 0.239. The molecule has 0 aliphatic carbocycles. The Kier molecular flexibility index (Phi) is 4.49. The molecule has 0 saturated carbocycles. The quantitative estimate of drug-likeness (QED) is 0.839. The Bertz CT molecular complexity index is 621. The van der Waals surface area contributed by atoms with Crippen LogP contribution in [0.2, 0.25) is 0 Å². The molecule has 2 aromatic rings. The lowest BCUT2D eigenvalue weighted by Crippen LogP contribution is -2.24. The molecule has 3 heterocycles. The molecule has 1 saturated heterocycles. The summed E-state index contributed by atoms with van der Waals surface area (Å²) in [6.07, 6.45) is 8.25. The molecular weight excluding hydrogens is 276 g/mol. The summed E-state index contributed by atoms with van der Waals surface area (Å²) in [5.74, 6) is 0.959. The molecule has 2 aromatic heterocycles. The van der Waals surface area contributed by atoms with E-state index in [4.69, 9.17) is 4.98 Å². The van der Waals surface area contributed by atoms with Gasteiger partial charge in [-0.15, -0.1) is 0 Å². The first-order valence-electron chi connectivity index (χ1n) is 7.80. The molecule has 22 heavy (non-hydrogen) atoms. The van der Waals surface area contributed by atoms with Gasteiger partial charge in [0.05, 0.1) is 17.9 Å². The Hall–Kier alpha value is -1.79. The van der Waals surface area contributed by atoms with Crippen LogP contribution in [0.15, 0.2) is 24.7 Å². The van der Waals surface area contributed by atoms with Gasteiger partial charge in [0.1, 0.15) is 5.82 Å². The fourth-order valence-electron chi connectivity index (χ4n) is 3.08. The monoisotopic (exact) mass is 300 g/mol. The molecule has 3 rings (SSSR count). The number of hydrogen-bond acceptors (Lipinski definition) is 5. The molecule has 0 bridgehead atoms. The Morgan fingerprint density at radius 2 is 2.23 bits per heavy atom. The molecule has 0 unspecified atom stereocenters. The van der Waals surface area contributed by atoms with Crippen LogP contribution in [0.3, 0.4) is 0 Å². The average molecular weight is 300 g/mol. The summed E-state index contributed by atoms with van der Waals surface area (Å²) in [7, 11) is 6.08. The van der Waals surface area contributed by atoms with Gasteiger partial charge in [0, 0.05) is 38.1 Å². The molecular formula is C16H24N6. The fourth-order valence-corrected chi connectivity index (χ4v) is 3.08.